The van der Waals surface area contributed by atoms with Crippen molar-refractivity contribution >= 4 is 27.8 Å². The summed E-state index contributed by atoms with van der Waals surface area (Å²) in [5.74, 6) is 1.27. The first-order chi connectivity index (χ1) is 8.99. The second-order valence-corrected chi connectivity index (χ2v) is 7.33. The first-order valence-electron chi connectivity index (χ1n) is 5.90. The normalized spacial score (nSPS) is 19.5. The Balaban J connectivity index is 2.09. The van der Waals surface area contributed by atoms with E-state index in [-0.39, 0.29) is 10.5 Å². The zero-order valence-electron chi connectivity index (χ0n) is 10.2. The van der Waals surface area contributed by atoms with Crippen LogP contribution in [0.4, 0.5) is 0 Å². The van der Waals surface area contributed by atoms with Gasteiger partial charge in [0.25, 0.3) is 0 Å². The molecule has 1 fully saturated rings. The fraction of sp³-hybridized carbons (Fsp3) is 0.417. The molecule has 1 aromatic rings. The van der Waals surface area contributed by atoms with Crippen molar-refractivity contribution in [1.82, 2.24) is 4.72 Å². The van der Waals surface area contributed by atoms with Gasteiger partial charge in [0.05, 0.1) is 10.5 Å². The summed E-state index contributed by atoms with van der Waals surface area (Å²) >= 11 is 1.82. The fourth-order valence-corrected chi connectivity index (χ4v) is 4.30. The first kappa shape index (κ1) is 14.4. The minimum atomic E-state index is -3.63. The number of thioether (sulfide) groups is 1. The number of rotatable bonds is 5. The van der Waals surface area contributed by atoms with Crippen molar-refractivity contribution in [2.45, 2.75) is 11.3 Å². The Hall–Kier alpha value is -1.05. The van der Waals surface area contributed by atoms with E-state index in [0.29, 0.717) is 12.5 Å². The molecule has 19 heavy (non-hydrogen) atoms. The van der Waals surface area contributed by atoms with Gasteiger partial charge in [-0.1, -0.05) is 6.07 Å². The molecule has 0 spiro atoms. The van der Waals surface area contributed by atoms with E-state index in [9.17, 15) is 13.2 Å². The molecule has 2 rings (SSSR count). The first-order valence-corrected chi connectivity index (χ1v) is 8.53. The van der Waals surface area contributed by atoms with Crippen LogP contribution in [0.3, 0.4) is 0 Å². The molecule has 5 nitrogen and oxygen atoms in total. The number of carboxylic acids is 1. The lowest BCUT2D eigenvalue weighted by molar-refractivity contribution is 0.0696. The van der Waals surface area contributed by atoms with Crippen LogP contribution >= 0.6 is 11.8 Å². The van der Waals surface area contributed by atoms with Crippen molar-refractivity contribution in [3.05, 3.63) is 29.8 Å². The van der Waals surface area contributed by atoms with E-state index in [1.165, 1.54) is 24.3 Å². The third-order valence-corrected chi connectivity index (χ3v) is 5.63. The van der Waals surface area contributed by atoms with Gasteiger partial charge in [-0.15, -0.1) is 0 Å². The van der Waals surface area contributed by atoms with Gasteiger partial charge in [0.15, 0.2) is 0 Å². The van der Waals surface area contributed by atoms with Crippen LogP contribution in [-0.2, 0) is 10.0 Å². The summed E-state index contributed by atoms with van der Waals surface area (Å²) in [6.07, 6.45) is 1.02. The molecule has 7 heteroatoms. The highest BCUT2D eigenvalue weighted by Gasteiger charge is 2.20. The molecular weight excluding hydrogens is 286 g/mol. The van der Waals surface area contributed by atoms with Crippen LogP contribution in [0.5, 0.6) is 0 Å². The van der Waals surface area contributed by atoms with E-state index < -0.39 is 16.0 Å². The second kappa shape index (κ2) is 5.94. The van der Waals surface area contributed by atoms with E-state index >= 15 is 0 Å². The predicted octanol–water partition coefficient (Wildman–Crippen LogP) is 1.42. The fourth-order valence-electron chi connectivity index (χ4n) is 1.85. The molecule has 1 aliphatic heterocycles. The molecule has 0 aliphatic carbocycles. The quantitative estimate of drug-likeness (QED) is 0.859. The van der Waals surface area contributed by atoms with Crippen LogP contribution in [0.15, 0.2) is 29.2 Å². The monoisotopic (exact) mass is 301 g/mol. The predicted molar refractivity (Wildman–Crippen MR) is 74.0 cm³/mol. The molecule has 0 saturated carbocycles. The number of aromatic carboxylic acids is 1. The van der Waals surface area contributed by atoms with Crippen molar-refractivity contribution in [3.8, 4) is 0 Å². The Labute approximate surface area is 116 Å². The van der Waals surface area contributed by atoms with Gasteiger partial charge >= 0.3 is 5.97 Å². The van der Waals surface area contributed by atoms with Gasteiger partial charge in [-0.25, -0.2) is 17.9 Å². The molecule has 0 radical (unpaired) electrons. The van der Waals surface area contributed by atoms with Gasteiger partial charge in [0.2, 0.25) is 10.0 Å². The highest BCUT2D eigenvalue weighted by molar-refractivity contribution is 7.99. The highest BCUT2D eigenvalue weighted by atomic mass is 32.2. The second-order valence-electron chi connectivity index (χ2n) is 4.41. The van der Waals surface area contributed by atoms with Crippen molar-refractivity contribution in [3.63, 3.8) is 0 Å². The topological polar surface area (TPSA) is 83.5 Å². The Morgan fingerprint density at radius 1 is 1.47 bits per heavy atom. The average Bonchev–Trinajstić information content (AvgIpc) is 2.90. The van der Waals surface area contributed by atoms with Gasteiger partial charge in [0.1, 0.15) is 0 Å². The lowest BCUT2D eigenvalue weighted by atomic mass is 10.1. The molecule has 0 aromatic heterocycles. The van der Waals surface area contributed by atoms with E-state index in [1.54, 1.807) is 0 Å². The lowest BCUT2D eigenvalue weighted by Crippen LogP contribution is -2.29. The molecule has 1 aromatic carbocycles. The molecule has 0 bridgehead atoms. The van der Waals surface area contributed by atoms with Crippen LogP contribution in [0.2, 0.25) is 0 Å². The minimum Gasteiger partial charge on any atom is -0.478 e. The number of hydrogen-bond donors (Lipinski definition) is 2. The molecule has 1 atom stereocenters. The van der Waals surface area contributed by atoms with Crippen LogP contribution in [0, 0.1) is 5.92 Å². The number of carboxylic acid groups (broad SMARTS) is 1. The zero-order valence-corrected chi connectivity index (χ0v) is 11.8. The maximum atomic E-state index is 12.1. The molecule has 1 saturated heterocycles. The molecule has 1 unspecified atom stereocenters. The van der Waals surface area contributed by atoms with E-state index in [1.807, 2.05) is 11.8 Å². The largest absolute Gasteiger partial charge is 0.478 e. The third-order valence-electron chi connectivity index (χ3n) is 2.98. The molecule has 0 amide bonds. The summed E-state index contributed by atoms with van der Waals surface area (Å²) in [5.41, 5.74) is -0.0284. The van der Waals surface area contributed by atoms with Crippen LogP contribution in [0.1, 0.15) is 16.8 Å². The molecule has 2 N–H and O–H groups in total. The Morgan fingerprint density at radius 2 is 2.26 bits per heavy atom. The van der Waals surface area contributed by atoms with E-state index in [0.717, 1.165) is 17.9 Å². The Morgan fingerprint density at radius 3 is 2.89 bits per heavy atom. The van der Waals surface area contributed by atoms with Gasteiger partial charge in [-0.2, -0.15) is 11.8 Å². The van der Waals surface area contributed by atoms with Gasteiger partial charge < -0.3 is 5.11 Å². The van der Waals surface area contributed by atoms with Gasteiger partial charge in [-0.05, 0) is 42.0 Å². The van der Waals surface area contributed by atoms with Gasteiger partial charge in [-0.3, -0.25) is 0 Å². The summed E-state index contributed by atoms with van der Waals surface area (Å²) in [4.78, 5) is 10.8. The molecular formula is C12H15NO4S2. The average molecular weight is 301 g/mol. The minimum absolute atomic E-state index is 0.00181. The SMILES string of the molecule is O=C(O)c1cccc(S(=O)(=O)NCC2CCSC2)c1. The smallest absolute Gasteiger partial charge is 0.335 e. The maximum absolute atomic E-state index is 12.1. The lowest BCUT2D eigenvalue weighted by Gasteiger charge is -2.11. The summed E-state index contributed by atoms with van der Waals surface area (Å²) in [7, 11) is -3.63. The number of nitrogens with one attached hydrogen (secondary N) is 1. The van der Waals surface area contributed by atoms with Crippen LogP contribution in [-0.4, -0.2) is 37.5 Å². The van der Waals surface area contributed by atoms with Crippen molar-refractivity contribution in [1.29, 1.82) is 0 Å². The van der Waals surface area contributed by atoms with Gasteiger partial charge in [0, 0.05) is 6.54 Å². The number of benzene rings is 1. The molecule has 1 aliphatic rings. The standard InChI is InChI=1S/C12H15NO4S2/c14-12(15)10-2-1-3-11(6-10)19(16,17)13-7-9-4-5-18-8-9/h1-3,6,9,13H,4-5,7-8H2,(H,14,15). The van der Waals surface area contributed by atoms with Crippen LogP contribution < -0.4 is 4.72 Å². The number of hydrogen-bond acceptors (Lipinski definition) is 4. The highest BCUT2D eigenvalue weighted by Crippen LogP contribution is 2.23. The molecule has 104 valence electrons. The summed E-state index contributed by atoms with van der Waals surface area (Å²) in [6.45, 7) is 0.409. The van der Waals surface area contributed by atoms with E-state index in [2.05, 4.69) is 4.72 Å². The van der Waals surface area contributed by atoms with E-state index in [4.69, 9.17) is 5.11 Å². The maximum Gasteiger partial charge on any atom is 0.335 e. The zero-order chi connectivity index (χ0) is 13.9. The summed E-state index contributed by atoms with van der Waals surface area (Å²) in [6, 6.07) is 5.38. The Bertz CT molecular complexity index is 565. The van der Waals surface area contributed by atoms with Crippen molar-refractivity contribution < 1.29 is 18.3 Å². The number of carbonyl (C=O) groups is 1. The van der Waals surface area contributed by atoms with Crippen molar-refractivity contribution in [2.75, 3.05) is 18.1 Å². The van der Waals surface area contributed by atoms with Crippen LogP contribution in [0.25, 0.3) is 0 Å². The third kappa shape index (κ3) is 3.71. The summed E-state index contributed by atoms with van der Waals surface area (Å²) in [5, 5.41) is 8.86. The summed E-state index contributed by atoms with van der Waals surface area (Å²) < 4.78 is 26.7. The number of sulfonamides is 1. The Kier molecular flexibility index (Phi) is 4.49. The molecule has 1 heterocycles. The van der Waals surface area contributed by atoms with Crippen molar-refractivity contribution in [2.24, 2.45) is 5.92 Å².